The van der Waals surface area contributed by atoms with E-state index in [4.69, 9.17) is 5.73 Å². The van der Waals surface area contributed by atoms with Crippen molar-refractivity contribution in [2.45, 2.75) is 30.3 Å². The van der Waals surface area contributed by atoms with Crippen molar-refractivity contribution in [2.75, 3.05) is 6.54 Å². The molecule has 0 unspecified atom stereocenters. The van der Waals surface area contributed by atoms with Gasteiger partial charge in [0, 0.05) is 23.4 Å². The van der Waals surface area contributed by atoms with Crippen LogP contribution in [0.3, 0.4) is 0 Å². The molecule has 7 heteroatoms. The van der Waals surface area contributed by atoms with E-state index in [1.54, 1.807) is 11.8 Å². The van der Waals surface area contributed by atoms with E-state index in [2.05, 4.69) is 20.5 Å². The minimum Gasteiger partial charge on any atom is -0.346 e. The molecule has 0 aliphatic carbocycles. The summed E-state index contributed by atoms with van der Waals surface area (Å²) in [5.41, 5.74) is 6.95. The van der Waals surface area contributed by atoms with Gasteiger partial charge in [-0.05, 0) is 31.5 Å². The Balaban J connectivity index is 1.93. The van der Waals surface area contributed by atoms with Crippen LogP contribution in [0.1, 0.15) is 29.8 Å². The number of benzene rings is 1. The second kappa shape index (κ2) is 6.73. The molecule has 1 amide bonds. The maximum absolute atomic E-state index is 12.1. The van der Waals surface area contributed by atoms with Crippen LogP contribution in [-0.2, 0) is 5.75 Å². The minimum atomic E-state index is -0.405. The summed E-state index contributed by atoms with van der Waals surface area (Å²) in [6.45, 7) is 4.19. The lowest BCUT2D eigenvalue weighted by Gasteiger charge is -2.24. The van der Waals surface area contributed by atoms with Gasteiger partial charge in [-0.1, -0.05) is 23.9 Å². The molecule has 1 heterocycles. The van der Waals surface area contributed by atoms with Crippen molar-refractivity contribution >= 4 is 17.7 Å². The summed E-state index contributed by atoms with van der Waals surface area (Å²) in [7, 11) is 0. The Morgan fingerprint density at radius 1 is 1.38 bits per heavy atom. The number of nitrogens with zero attached hydrogens (tertiary/aromatic N) is 2. The lowest BCUT2D eigenvalue weighted by Crippen LogP contribution is -2.48. The van der Waals surface area contributed by atoms with Crippen LogP contribution in [0.5, 0.6) is 0 Å². The van der Waals surface area contributed by atoms with Crippen molar-refractivity contribution in [3.8, 4) is 0 Å². The Hall–Kier alpha value is -1.86. The molecule has 0 atom stereocenters. The first-order valence-electron chi connectivity index (χ1n) is 6.60. The Morgan fingerprint density at radius 2 is 2.10 bits per heavy atom. The maximum Gasteiger partial charge on any atom is 0.251 e. The molecule has 21 heavy (non-hydrogen) atoms. The number of carbonyl (C=O) groups is 1. The number of nitrogens with one attached hydrogen (secondary N) is 2. The van der Waals surface area contributed by atoms with E-state index in [1.165, 1.54) is 6.33 Å². The molecule has 2 rings (SSSR count). The molecule has 2 aromatic rings. The molecule has 0 saturated carbocycles. The van der Waals surface area contributed by atoms with Gasteiger partial charge in [0.05, 0.1) is 0 Å². The number of hydrogen-bond donors (Lipinski definition) is 3. The summed E-state index contributed by atoms with van der Waals surface area (Å²) >= 11 is 1.56. The smallest absolute Gasteiger partial charge is 0.251 e. The lowest BCUT2D eigenvalue weighted by atomic mass is 10.0. The van der Waals surface area contributed by atoms with Crippen molar-refractivity contribution in [3.05, 3.63) is 41.7 Å². The predicted octanol–water partition coefficient (Wildman–Crippen LogP) is 1.56. The third-order valence-electron chi connectivity index (χ3n) is 2.95. The first-order chi connectivity index (χ1) is 10.00. The number of hydrogen-bond acceptors (Lipinski definition) is 5. The van der Waals surface area contributed by atoms with Gasteiger partial charge in [0.2, 0.25) is 0 Å². The van der Waals surface area contributed by atoms with Crippen molar-refractivity contribution in [3.63, 3.8) is 0 Å². The molecule has 4 N–H and O–H groups in total. The van der Waals surface area contributed by atoms with Gasteiger partial charge >= 0.3 is 0 Å². The van der Waals surface area contributed by atoms with Gasteiger partial charge in [0.25, 0.3) is 5.91 Å². The number of aromatic nitrogens is 3. The summed E-state index contributed by atoms with van der Waals surface area (Å²) in [6.07, 6.45) is 1.48. The highest BCUT2D eigenvalue weighted by Crippen LogP contribution is 2.18. The Bertz CT molecular complexity index is 580. The van der Waals surface area contributed by atoms with Crippen molar-refractivity contribution < 1.29 is 4.79 Å². The second-order valence-electron chi connectivity index (χ2n) is 5.32. The quantitative estimate of drug-likeness (QED) is 0.704. The zero-order valence-electron chi connectivity index (χ0n) is 12.1. The third kappa shape index (κ3) is 4.57. The average molecular weight is 305 g/mol. The summed E-state index contributed by atoms with van der Waals surface area (Å²) in [5.74, 6) is 0.658. The van der Waals surface area contributed by atoms with Gasteiger partial charge in [-0.3, -0.25) is 9.89 Å². The summed E-state index contributed by atoms with van der Waals surface area (Å²) < 4.78 is 0. The van der Waals surface area contributed by atoms with E-state index in [9.17, 15) is 4.79 Å². The van der Waals surface area contributed by atoms with E-state index in [-0.39, 0.29) is 5.91 Å². The van der Waals surface area contributed by atoms with E-state index >= 15 is 0 Å². The summed E-state index contributed by atoms with van der Waals surface area (Å²) in [6, 6.07) is 7.51. The summed E-state index contributed by atoms with van der Waals surface area (Å²) in [5, 5.41) is 10.3. The number of amides is 1. The molecule has 0 spiro atoms. The SMILES string of the molecule is CC(C)(CN)NC(=O)c1ccc(CSc2ncn[nH]2)cc1. The number of carbonyl (C=O) groups excluding carboxylic acids is 1. The fourth-order valence-corrected chi connectivity index (χ4v) is 2.33. The monoisotopic (exact) mass is 305 g/mol. The Morgan fingerprint density at radius 3 is 2.67 bits per heavy atom. The Kier molecular flexibility index (Phi) is 4.98. The highest BCUT2D eigenvalue weighted by molar-refractivity contribution is 7.98. The Labute approximate surface area is 127 Å². The number of thioether (sulfide) groups is 1. The van der Waals surface area contributed by atoms with E-state index in [0.29, 0.717) is 12.1 Å². The molecule has 0 saturated heterocycles. The molecular formula is C14H19N5OS. The maximum atomic E-state index is 12.1. The molecule has 0 aliphatic rings. The van der Waals surface area contributed by atoms with Crippen molar-refractivity contribution in [2.24, 2.45) is 5.73 Å². The van der Waals surface area contributed by atoms with Gasteiger partial charge in [-0.25, -0.2) is 4.98 Å². The van der Waals surface area contributed by atoms with Gasteiger partial charge < -0.3 is 11.1 Å². The topological polar surface area (TPSA) is 96.7 Å². The standard InChI is InChI=1S/C14H19N5OS/c1-14(2,8-15)18-12(20)11-5-3-10(4-6-11)7-21-13-16-9-17-19-13/h3-6,9H,7-8,15H2,1-2H3,(H,18,20)(H,16,17,19). The van der Waals surface area contributed by atoms with Crippen LogP contribution in [-0.4, -0.2) is 33.2 Å². The van der Waals surface area contributed by atoms with Gasteiger partial charge in [0.15, 0.2) is 5.16 Å². The molecule has 0 bridgehead atoms. The zero-order valence-corrected chi connectivity index (χ0v) is 12.9. The fourth-order valence-electron chi connectivity index (χ4n) is 1.60. The normalized spacial score (nSPS) is 11.4. The lowest BCUT2D eigenvalue weighted by molar-refractivity contribution is 0.0915. The zero-order chi connectivity index (χ0) is 15.3. The molecule has 0 radical (unpaired) electrons. The number of H-pyrrole nitrogens is 1. The molecule has 112 valence electrons. The molecule has 1 aromatic heterocycles. The molecular weight excluding hydrogens is 286 g/mol. The number of rotatable bonds is 6. The number of nitrogens with two attached hydrogens (primary N) is 1. The van der Waals surface area contributed by atoms with Gasteiger partial charge in [0.1, 0.15) is 6.33 Å². The number of aromatic amines is 1. The average Bonchev–Trinajstić information content (AvgIpc) is 2.98. The highest BCUT2D eigenvalue weighted by Gasteiger charge is 2.18. The van der Waals surface area contributed by atoms with Crippen LogP contribution in [0.25, 0.3) is 0 Å². The van der Waals surface area contributed by atoms with E-state index in [1.807, 2.05) is 38.1 Å². The van der Waals surface area contributed by atoms with Crippen LogP contribution in [0.15, 0.2) is 35.7 Å². The summed E-state index contributed by atoms with van der Waals surface area (Å²) in [4.78, 5) is 16.1. The third-order valence-corrected chi connectivity index (χ3v) is 3.89. The van der Waals surface area contributed by atoms with Crippen LogP contribution >= 0.6 is 11.8 Å². The first-order valence-corrected chi connectivity index (χ1v) is 7.58. The minimum absolute atomic E-state index is 0.111. The predicted molar refractivity (Wildman–Crippen MR) is 83.0 cm³/mol. The highest BCUT2D eigenvalue weighted by atomic mass is 32.2. The van der Waals surface area contributed by atoms with Crippen molar-refractivity contribution in [1.29, 1.82) is 0 Å². The van der Waals surface area contributed by atoms with E-state index < -0.39 is 5.54 Å². The van der Waals surface area contributed by atoms with E-state index in [0.717, 1.165) is 16.5 Å². The molecule has 1 aromatic carbocycles. The molecule has 6 nitrogen and oxygen atoms in total. The van der Waals surface area contributed by atoms with Gasteiger partial charge in [-0.15, -0.1) is 0 Å². The second-order valence-corrected chi connectivity index (χ2v) is 6.28. The van der Waals surface area contributed by atoms with Crippen LogP contribution < -0.4 is 11.1 Å². The van der Waals surface area contributed by atoms with Gasteiger partial charge in [-0.2, -0.15) is 5.10 Å². The first kappa shape index (κ1) is 15.5. The fraction of sp³-hybridized carbons (Fsp3) is 0.357. The van der Waals surface area contributed by atoms with Crippen molar-refractivity contribution in [1.82, 2.24) is 20.5 Å². The molecule has 0 fully saturated rings. The van der Waals surface area contributed by atoms with Crippen LogP contribution in [0, 0.1) is 0 Å². The molecule has 0 aliphatic heterocycles. The van der Waals surface area contributed by atoms with Crippen LogP contribution in [0.2, 0.25) is 0 Å². The largest absolute Gasteiger partial charge is 0.346 e. The van der Waals surface area contributed by atoms with Crippen LogP contribution in [0.4, 0.5) is 0 Å².